The molecule has 0 atom stereocenters. The molecule has 29 heavy (non-hydrogen) atoms. The highest BCUT2D eigenvalue weighted by atomic mass is 79.9. The number of rotatable bonds is 7. The smallest absolute Gasteiger partial charge is 0.201 e. The van der Waals surface area contributed by atoms with Gasteiger partial charge in [0.15, 0.2) is 6.29 Å². The minimum absolute atomic E-state index is 0.0830. The van der Waals surface area contributed by atoms with E-state index in [2.05, 4.69) is 27.8 Å². The quantitative estimate of drug-likeness (QED) is 0.352. The molecule has 0 unspecified atom stereocenters. The first-order valence-corrected chi connectivity index (χ1v) is 10.5. The highest BCUT2D eigenvalue weighted by Gasteiger charge is 2.27. The van der Waals surface area contributed by atoms with E-state index in [1.807, 2.05) is 60.0 Å². The molecular formula is C24H25BrN2O2. The van der Waals surface area contributed by atoms with E-state index in [9.17, 15) is 9.90 Å². The van der Waals surface area contributed by atoms with Crippen LogP contribution >= 0.6 is 15.9 Å². The number of aryl methyl sites for hydroxylation is 1. The summed E-state index contributed by atoms with van der Waals surface area (Å²) in [6.07, 6.45) is 2.71. The van der Waals surface area contributed by atoms with Crippen molar-refractivity contribution < 1.29 is 9.90 Å². The lowest BCUT2D eigenvalue weighted by Gasteiger charge is -2.11. The Morgan fingerprint density at radius 1 is 1.14 bits per heavy atom. The summed E-state index contributed by atoms with van der Waals surface area (Å²) in [5.74, 6) is 0.0830. The predicted octanol–water partition coefficient (Wildman–Crippen LogP) is 6.01. The fourth-order valence-electron chi connectivity index (χ4n) is 3.52. The summed E-state index contributed by atoms with van der Waals surface area (Å²) in [6, 6.07) is 15.7. The largest absolute Gasteiger partial charge is 0.494 e. The highest BCUT2D eigenvalue weighted by Crippen LogP contribution is 2.37. The number of carbonyl (C=O) groups excluding carboxylic acids is 1. The number of unbranched alkanes of at least 4 members (excludes halogenated alkanes) is 1. The molecule has 4 nitrogen and oxygen atoms in total. The van der Waals surface area contributed by atoms with E-state index in [1.165, 1.54) is 0 Å². The molecule has 1 heterocycles. The number of halogens is 1. The summed E-state index contributed by atoms with van der Waals surface area (Å²) in [4.78, 5) is 16.7. The van der Waals surface area contributed by atoms with Gasteiger partial charge in [0, 0.05) is 23.6 Å². The minimum Gasteiger partial charge on any atom is -0.494 e. The summed E-state index contributed by atoms with van der Waals surface area (Å²) in [6.45, 7) is 4.76. The number of hydrogen-bond donors (Lipinski definition) is 1. The third kappa shape index (κ3) is 4.20. The zero-order valence-corrected chi connectivity index (χ0v) is 18.5. The summed E-state index contributed by atoms with van der Waals surface area (Å²) in [5.41, 5.74) is 5.17. The number of carbonyl (C=O) groups is 1. The molecule has 3 rings (SSSR count). The van der Waals surface area contributed by atoms with Crippen molar-refractivity contribution in [3.63, 3.8) is 0 Å². The zero-order chi connectivity index (χ0) is 21.0. The van der Waals surface area contributed by atoms with Crippen LogP contribution in [0, 0.1) is 6.92 Å². The Morgan fingerprint density at radius 2 is 1.79 bits per heavy atom. The number of hydrogen-bond acceptors (Lipinski definition) is 3. The van der Waals surface area contributed by atoms with Gasteiger partial charge in [0.1, 0.15) is 0 Å². The first-order valence-electron chi connectivity index (χ1n) is 9.72. The molecular weight excluding hydrogens is 428 g/mol. The van der Waals surface area contributed by atoms with Crippen LogP contribution in [0.25, 0.3) is 11.3 Å². The average molecular weight is 453 g/mol. The number of benzene rings is 2. The van der Waals surface area contributed by atoms with E-state index in [0.29, 0.717) is 23.4 Å². The third-order valence-electron chi connectivity index (χ3n) is 5.03. The van der Waals surface area contributed by atoms with Crippen LogP contribution in [0.3, 0.4) is 0 Å². The molecule has 150 valence electrons. The lowest BCUT2D eigenvalue weighted by molar-refractivity contribution is 0.112. The monoisotopic (exact) mass is 452 g/mol. The van der Waals surface area contributed by atoms with Crippen LogP contribution < -0.4 is 0 Å². The fourth-order valence-corrected chi connectivity index (χ4v) is 3.79. The summed E-state index contributed by atoms with van der Waals surface area (Å²) in [7, 11) is 1.68. The Balaban J connectivity index is 2.27. The van der Waals surface area contributed by atoms with Crippen molar-refractivity contribution in [2.24, 2.45) is 4.99 Å². The van der Waals surface area contributed by atoms with Crippen molar-refractivity contribution in [3.8, 4) is 17.1 Å². The maximum Gasteiger partial charge on any atom is 0.201 e. The maximum absolute atomic E-state index is 12.2. The molecule has 0 fully saturated rings. The van der Waals surface area contributed by atoms with Crippen LogP contribution in [-0.4, -0.2) is 28.7 Å². The topological polar surface area (TPSA) is 54.6 Å². The highest BCUT2D eigenvalue weighted by molar-refractivity contribution is 9.10. The van der Waals surface area contributed by atoms with Gasteiger partial charge < -0.3 is 9.67 Å². The molecule has 0 aliphatic carbocycles. The summed E-state index contributed by atoms with van der Waals surface area (Å²) >= 11 is 3.45. The van der Waals surface area contributed by atoms with E-state index in [1.54, 1.807) is 7.05 Å². The Labute approximate surface area is 180 Å². The lowest BCUT2D eigenvalue weighted by atomic mass is 9.98. The molecule has 0 aliphatic rings. The Bertz CT molecular complexity index is 1030. The van der Waals surface area contributed by atoms with E-state index in [-0.39, 0.29) is 5.88 Å². The lowest BCUT2D eigenvalue weighted by Crippen LogP contribution is -2.05. The van der Waals surface area contributed by atoms with Crippen LogP contribution in [0.2, 0.25) is 0 Å². The molecule has 1 aromatic heterocycles. The van der Waals surface area contributed by atoms with Crippen molar-refractivity contribution >= 4 is 27.9 Å². The summed E-state index contributed by atoms with van der Waals surface area (Å²) in [5, 5.41) is 11.2. The van der Waals surface area contributed by atoms with Crippen LogP contribution in [0.15, 0.2) is 58.0 Å². The normalized spacial score (nSPS) is 11.7. The molecule has 0 saturated carbocycles. The zero-order valence-electron chi connectivity index (χ0n) is 16.9. The third-order valence-corrected chi connectivity index (χ3v) is 5.56. The van der Waals surface area contributed by atoms with Gasteiger partial charge in [-0.15, -0.1) is 0 Å². The van der Waals surface area contributed by atoms with Crippen molar-refractivity contribution in [2.75, 3.05) is 7.05 Å². The Morgan fingerprint density at radius 3 is 2.34 bits per heavy atom. The molecule has 1 N–H and O–H groups in total. The SMILES string of the molecule is CCCCn1c(O)c(C(=NC)c2ccc(Br)cc2)c(C=O)c1-c1ccc(C)cc1. The number of aromatic hydroxyl groups is 1. The van der Waals surface area contributed by atoms with Gasteiger partial charge in [-0.2, -0.15) is 0 Å². The van der Waals surface area contributed by atoms with Crippen molar-refractivity contribution in [2.45, 2.75) is 33.2 Å². The van der Waals surface area contributed by atoms with Crippen LogP contribution in [-0.2, 0) is 6.54 Å². The number of nitrogens with zero attached hydrogens (tertiary/aromatic N) is 2. The van der Waals surface area contributed by atoms with Gasteiger partial charge in [0.05, 0.1) is 22.5 Å². The number of aldehydes is 1. The van der Waals surface area contributed by atoms with E-state index in [0.717, 1.165) is 46.0 Å². The van der Waals surface area contributed by atoms with E-state index < -0.39 is 0 Å². The van der Waals surface area contributed by atoms with Gasteiger partial charge in [0.25, 0.3) is 0 Å². The molecule has 0 spiro atoms. The van der Waals surface area contributed by atoms with Crippen LogP contribution in [0.4, 0.5) is 0 Å². The van der Waals surface area contributed by atoms with E-state index in [4.69, 9.17) is 0 Å². The van der Waals surface area contributed by atoms with E-state index >= 15 is 0 Å². The Kier molecular flexibility index (Phi) is 6.70. The second-order valence-electron chi connectivity index (χ2n) is 7.03. The van der Waals surface area contributed by atoms with Gasteiger partial charge >= 0.3 is 0 Å². The van der Waals surface area contributed by atoms with Crippen LogP contribution in [0.1, 0.15) is 46.8 Å². The summed E-state index contributed by atoms with van der Waals surface area (Å²) < 4.78 is 2.80. The minimum atomic E-state index is 0.0830. The number of aliphatic imine (C=N–C) groups is 1. The van der Waals surface area contributed by atoms with Crippen LogP contribution in [0.5, 0.6) is 5.88 Å². The van der Waals surface area contributed by atoms with Gasteiger partial charge in [-0.1, -0.05) is 71.2 Å². The van der Waals surface area contributed by atoms with Crippen molar-refractivity contribution in [1.29, 1.82) is 0 Å². The van der Waals surface area contributed by atoms with Gasteiger partial charge in [-0.05, 0) is 31.0 Å². The molecule has 0 bridgehead atoms. The average Bonchev–Trinajstić information content (AvgIpc) is 3.00. The molecule has 0 aliphatic heterocycles. The van der Waals surface area contributed by atoms with Crippen molar-refractivity contribution in [1.82, 2.24) is 4.57 Å². The maximum atomic E-state index is 12.2. The molecule has 5 heteroatoms. The molecule has 2 aromatic carbocycles. The molecule has 0 saturated heterocycles. The number of aromatic nitrogens is 1. The predicted molar refractivity (Wildman–Crippen MR) is 122 cm³/mol. The molecule has 3 aromatic rings. The van der Waals surface area contributed by atoms with Gasteiger partial charge in [-0.3, -0.25) is 9.79 Å². The van der Waals surface area contributed by atoms with Gasteiger partial charge in [0.2, 0.25) is 5.88 Å². The standard InChI is InChI=1S/C24H25BrN2O2/c1-4-5-14-27-23(18-8-6-16(2)7-9-18)20(15-28)21(24(27)29)22(26-3)17-10-12-19(25)13-11-17/h6-13,15,29H,4-5,14H2,1-3H3. The second kappa shape index (κ2) is 9.23. The molecule has 0 radical (unpaired) electrons. The van der Waals surface area contributed by atoms with Gasteiger partial charge in [-0.25, -0.2) is 0 Å². The second-order valence-corrected chi connectivity index (χ2v) is 7.94. The molecule has 0 amide bonds. The first-order chi connectivity index (χ1) is 14.0. The fraction of sp³-hybridized carbons (Fsp3) is 0.250. The Hall–Kier alpha value is -2.66. The van der Waals surface area contributed by atoms with Crippen molar-refractivity contribution in [3.05, 3.63) is 75.3 Å². The first kappa shape index (κ1) is 21.1.